The van der Waals surface area contributed by atoms with E-state index in [1.54, 1.807) is 12.1 Å². The zero-order chi connectivity index (χ0) is 13.9. The van der Waals surface area contributed by atoms with Gasteiger partial charge in [0.25, 0.3) is 0 Å². The second-order valence-electron chi connectivity index (χ2n) is 5.33. The summed E-state index contributed by atoms with van der Waals surface area (Å²) >= 11 is 0. The average Bonchev–Trinajstić information content (AvgIpc) is 2.96. The Labute approximate surface area is 118 Å². The highest BCUT2D eigenvalue weighted by molar-refractivity contribution is 5.28. The number of rotatable bonds is 3. The van der Waals surface area contributed by atoms with Crippen molar-refractivity contribution in [1.29, 1.82) is 0 Å². The third-order valence-electron chi connectivity index (χ3n) is 4.25. The van der Waals surface area contributed by atoms with Crippen LogP contribution in [0.5, 0.6) is 0 Å². The van der Waals surface area contributed by atoms with Crippen molar-refractivity contribution >= 4 is 0 Å². The molecule has 20 heavy (non-hydrogen) atoms. The van der Waals surface area contributed by atoms with Crippen LogP contribution < -0.4 is 5.32 Å². The number of nitrogens with one attached hydrogen (secondary N) is 1. The van der Waals surface area contributed by atoms with E-state index in [1.807, 2.05) is 24.7 Å². The first-order chi connectivity index (χ1) is 9.81. The van der Waals surface area contributed by atoms with Crippen molar-refractivity contribution in [2.24, 2.45) is 0 Å². The minimum absolute atomic E-state index is 0.103. The van der Waals surface area contributed by atoms with E-state index in [2.05, 4.69) is 21.8 Å². The largest absolute Gasteiger partial charge is 0.335 e. The molecular formula is C16H20FN3. The van der Waals surface area contributed by atoms with Crippen LogP contribution >= 0.6 is 0 Å². The Morgan fingerprint density at radius 1 is 1.35 bits per heavy atom. The predicted molar refractivity (Wildman–Crippen MR) is 77.3 cm³/mol. The summed E-state index contributed by atoms with van der Waals surface area (Å²) in [6, 6.07) is 7.13. The molecule has 1 fully saturated rings. The van der Waals surface area contributed by atoms with Gasteiger partial charge in [-0.15, -0.1) is 0 Å². The first-order valence-corrected chi connectivity index (χ1v) is 7.26. The van der Waals surface area contributed by atoms with E-state index in [1.165, 1.54) is 5.69 Å². The number of hydrogen-bond donors (Lipinski definition) is 1. The van der Waals surface area contributed by atoms with Crippen LogP contribution in [-0.2, 0) is 6.54 Å². The maximum absolute atomic E-state index is 14.1. The topological polar surface area (TPSA) is 29.9 Å². The molecule has 4 heteroatoms. The van der Waals surface area contributed by atoms with Gasteiger partial charge in [-0.3, -0.25) is 0 Å². The predicted octanol–water partition coefficient (Wildman–Crippen LogP) is 2.90. The minimum Gasteiger partial charge on any atom is -0.335 e. The van der Waals surface area contributed by atoms with Crippen molar-refractivity contribution in [1.82, 2.24) is 14.9 Å². The molecule has 1 aliphatic heterocycles. The molecule has 0 saturated carbocycles. The molecule has 1 aliphatic rings. The second kappa shape index (κ2) is 5.75. The Bertz CT molecular complexity index is 579. The highest BCUT2D eigenvalue weighted by Crippen LogP contribution is 2.38. The highest BCUT2D eigenvalue weighted by Gasteiger charge is 2.31. The zero-order valence-corrected chi connectivity index (χ0v) is 11.7. The Kier molecular flexibility index (Phi) is 3.83. The number of nitrogens with zero attached hydrogens (tertiary/aromatic N) is 2. The Balaban J connectivity index is 1.98. The molecule has 2 heterocycles. The minimum atomic E-state index is -0.103. The summed E-state index contributed by atoms with van der Waals surface area (Å²) in [6.45, 7) is 4.82. The lowest BCUT2D eigenvalue weighted by molar-refractivity contribution is 0.379. The third-order valence-corrected chi connectivity index (χ3v) is 4.25. The fraction of sp³-hybridized carbons (Fsp3) is 0.438. The standard InChI is InChI=1S/C16H20FN3/c1-2-20-11-19-10-16(20)13-7-8-18-9-14(13)12-5-3-4-6-15(12)17/h3-6,10-11,13-14,18H,2,7-9H2,1H3. The van der Waals surface area contributed by atoms with Gasteiger partial charge in [0, 0.05) is 36.8 Å². The van der Waals surface area contributed by atoms with Crippen LogP contribution in [0.3, 0.4) is 0 Å². The molecule has 2 unspecified atom stereocenters. The van der Waals surface area contributed by atoms with E-state index >= 15 is 0 Å². The van der Waals surface area contributed by atoms with Gasteiger partial charge in [-0.05, 0) is 31.5 Å². The van der Waals surface area contributed by atoms with Crippen LogP contribution in [0.15, 0.2) is 36.8 Å². The van der Waals surface area contributed by atoms with Crippen molar-refractivity contribution in [2.45, 2.75) is 31.7 Å². The molecule has 1 saturated heterocycles. The molecule has 0 bridgehead atoms. The van der Waals surface area contributed by atoms with Crippen LogP contribution in [0.1, 0.15) is 36.4 Å². The summed E-state index contributed by atoms with van der Waals surface area (Å²) in [5, 5.41) is 3.39. The quantitative estimate of drug-likeness (QED) is 0.932. The molecule has 0 aliphatic carbocycles. The van der Waals surface area contributed by atoms with Crippen molar-refractivity contribution in [3.8, 4) is 0 Å². The second-order valence-corrected chi connectivity index (χ2v) is 5.33. The summed E-state index contributed by atoms with van der Waals surface area (Å²) in [4.78, 5) is 4.27. The first-order valence-electron chi connectivity index (χ1n) is 7.26. The maximum Gasteiger partial charge on any atom is 0.126 e. The summed E-state index contributed by atoms with van der Waals surface area (Å²) < 4.78 is 16.3. The van der Waals surface area contributed by atoms with E-state index in [9.17, 15) is 4.39 Å². The number of piperidine rings is 1. The van der Waals surface area contributed by atoms with Crippen molar-refractivity contribution in [3.63, 3.8) is 0 Å². The molecule has 1 aromatic heterocycles. The molecule has 3 nitrogen and oxygen atoms in total. The van der Waals surface area contributed by atoms with Crippen molar-refractivity contribution in [2.75, 3.05) is 13.1 Å². The van der Waals surface area contributed by atoms with Gasteiger partial charge in [0.2, 0.25) is 0 Å². The summed E-state index contributed by atoms with van der Waals surface area (Å²) in [5.41, 5.74) is 2.04. The van der Waals surface area contributed by atoms with E-state index in [0.717, 1.165) is 31.6 Å². The first kappa shape index (κ1) is 13.3. The molecule has 0 spiro atoms. The van der Waals surface area contributed by atoms with Gasteiger partial charge in [0.1, 0.15) is 5.82 Å². The van der Waals surface area contributed by atoms with E-state index in [0.29, 0.717) is 5.92 Å². The number of imidazole rings is 1. The molecule has 2 atom stereocenters. The molecule has 2 aromatic rings. The fourth-order valence-corrected chi connectivity index (χ4v) is 3.22. The van der Waals surface area contributed by atoms with E-state index < -0.39 is 0 Å². The maximum atomic E-state index is 14.1. The summed E-state index contributed by atoms with van der Waals surface area (Å²) in [5.74, 6) is 0.399. The van der Waals surface area contributed by atoms with Gasteiger partial charge >= 0.3 is 0 Å². The van der Waals surface area contributed by atoms with Crippen LogP contribution in [0, 0.1) is 5.82 Å². The number of benzene rings is 1. The van der Waals surface area contributed by atoms with Crippen molar-refractivity contribution < 1.29 is 4.39 Å². The van der Waals surface area contributed by atoms with Crippen LogP contribution in [0.2, 0.25) is 0 Å². The Morgan fingerprint density at radius 2 is 2.20 bits per heavy atom. The molecule has 0 amide bonds. The molecule has 1 aromatic carbocycles. The highest BCUT2D eigenvalue weighted by atomic mass is 19.1. The van der Waals surface area contributed by atoms with Gasteiger partial charge in [0.05, 0.1) is 6.33 Å². The fourth-order valence-electron chi connectivity index (χ4n) is 3.22. The Morgan fingerprint density at radius 3 is 3.00 bits per heavy atom. The monoisotopic (exact) mass is 273 g/mol. The molecule has 106 valence electrons. The van der Waals surface area contributed by atoms with Gasteiger partial charge in [-0.2, -0.15) is 0 Å². The molecule has 1 N–H and O–H groups in total. The van der Waals surface area contributed by atoms with Crippen molar-refractivity contribution in [3.05, 3.63) is 53.9 Å². The summed E-state index contributed by atoms with van der Waals surface area (Å²) in [7, 11) is 0. The van der Waals surface area contributed by atoms with Crippen LogP contribution in [0.25, 0.3) is 0 Å². The number of halogens is 1. The smallest absolute Gasteiger partial charge is 0.126 e. The normalized spacial score (nSPS) is 22.9. The number of aromatic nitrogens is 2. The van der Waals surface area contributed by atoms with E-state index in [-0.39, 0.29) is 11.7 Å². The lowest BCUT2D eigenvalue weighted by atomic mass is 9.79. The van der Waals surface area contributed by atoms with Crippen LogP contribution in [-0.4, -0.2) is 22.6 Å². The SMILES string of the molecule is CCn1cncc1C1CCNCC1c1ccccc1F. The lowest BCUT2D eigenvalue weighted by Crippen LogP contribution is -2.35. The zero-order valence-electron chi connectivity index (χ0n) is 11.7. The van der Waals surface area contributed by atoms with Gasteiger partial charge in [-0.25, -0.2) is 9.37 Å². The van der Waals surface area contributed by atoms with Gasteiger partial charge in [0.15, 0.2) is 0 Å². The number of hydrogen-bond acceptors (Lipinski definition) is 2. The third kappa shape index (κ3) is 2.36. The van der Waals surface area contributed by atoms with Crippen LogP contribution in [0.4, 0.5) is 4.39 Å². The van der Waals surface area contributed by atoms with Gasteiger partial charge in [-0.1, -0.05) is 18.2 Å². The molecule has 0 radical (unpaired) electrons. The average molecular weight is 273 g/mol. The molecule has 3 rings (SSSR count). The Hall–Kier alpha value is -1.68. The lowest BCUT2D eigenvalue weighted by Gasteiger charge is -2.33. The molecular weight excluding hydrogens is 253 g/mol. The van der Waals surface area contributed by atoms with Gasteiger partial charge < -0.3 is 9.88 Å². The number of aryl methyl sites for hydroxylation is 1. The summed E-state index contributed by atoms with van der Waals surface area (Å²) in [6.07, 6.45) is 4.83. The van der Waals surface area contributed by atoms with E-state index in [4.69, 9.17) is 0 Å².